The monoisotopic (exact) mass is 487 g/mol. The molecule has 5 rings (SSSR count). The fourth-order valence-electron chi connectivity index (χ4n) is 3.92. The number of ether oxygens (including phenoxy) is 2. The molecule has 0 fully saturated rings. The number of benzene rings is 2. The Kier molecular flexibility index (Phi) is 6.08. The Balaban J connectivity index is 1.43. The van der Waals surface area contributed by atoms with Gasteiger partial charge in [-0.2, -0.15) is 0 Å². The van der Waals surface area contributed by atoms with Gasteiger partial charge in [-0.3, -0.25) is 0 Å². The number of fused-ring (bicyclic) bond motifs is 1. The standard InChI is InChI=1S/C26H25N5O3S/c1-14(27-25-19-12-21(32-4)22(33-5)13-20(19)28-15(2)29-25)23-9-10-24(35-23)17-7-6-8-18(11-17)26-31-30-16(3)34-26/h6-14H,1-5H3,(H,27,28,29)/t14-/m0/s1. The molecule has 0 aliphatic heterocycles. The van der Waals surface area contributed by atoms with Gasteiger partial charge in [0, 0.05) is 33.7 Å². The van der Waals surface area contributed by atoms with E-state index in [2.05, 4.69) is 56.7 Å². The molecule has 3 heterocycles. The van der Waals surface area contributed by atoms with Crippen LogP contribution in [0.25, 0.3) is 32.8 Å². The number of aryl methyl sites for hydroxylation is 2. The van der Waals surface area contributed by atoms with Gasteiger partial charge in [0.15, 0.2) is 11.5 Å². The number of rotatable bonds is 7. The van der Waals surface area contributed by atoms with Gasteiger partial charge < -0.3 is 19.2 Å². The topological polar surface area (TPSA) is 95.2 Å². The lowest BCUT2D eigenvalue weighted by atomic mass is 10.1. The molecule has 0 aliphatic carbocycles. The second kappa shape index (κ2) is 9.34. The van der Waals surface area contributed by atoms with Gasteiger partial charge in [0.05, 0.1) is 25.8 Å². The van der Waals surface area contributed by atoms with Crippen LogP contribution >= 0.6 is 11.3 Å². The number of hydrogen-bond acceptors (Lipinski definition) is 9. The summed E-state index contributed by atoms with van der Waals surface area (Å²) >= 11 is 1.73. The first-order valence-electron chi connectivity index (χ1n) is 11.1. The molecule has 35 heavy (non-hydrogen) atoms. The van der Waals surface area contributed by atoms with E-state index >= 15 is 0 Å². The van der Waals surface area contributed by atoms with Crippen LogP contribution in [0.2, 0.25) is 0 Å². The first-order valence-corrected chi connectivity index (χ1v) is 11.9. The molecule has 1 N–H and O–H groups in total. The van der Waals surface area contributed by atoms with Crippen molar-refractivity contribution in [3.05, 3.63) is 65.1 Å². The number of anilines is 1. The van der Waals surface area contributed by atoms with E-state index in [9.17, 15) is 0 Å². The fourth-order valence-corrected chi connectivity index (χ4v) is 4.92. The van der Waals surface area contributed by atoms with E-state index in [0.29, 0.717) is 29.1 Å². The van der Waals surface area contributed by atoms with Gasteiger partial charge in [0.1, 0.15) is 11.6 Å². The number of aromatic nitrogens is 4. The van der Waals surface area contributed by atoms with Crippen LogP contribution in [0.15, 0.2) is 52.9 Å². The second-order valence-electron chi connectivity index (χ2n) is 8.12. The van der Waals surface area contributed by atoms with Crippen LogP contribution in [0.5, 0.6) is 11.5 Å². The molecule has 3 aromatic heterocycles. The van der Waals surface area contributed by atoms with Crippen molar-refractivity contribution < 1.29 is 13.9 Å². The Morgan fingerprint density at radius 3 is 2.43 bits per heavy atom. The number of nitrogens with one attached hydrogen (secondary N) is 1. The van der Waals surface area contributed by atoms with Crippen LogP contribution in [0.1, 0.15) is 29.6 Å². The van der Waals surface area contributed by atoms with Gasteiger partial charge in [0.2, 0.25) is 11.8 Å². The minimum Gasteiger partial charge on any atom is -0.493 e. The average molecular weight is 488 g/mol. The summed E-state index contributed by atoms with van der Waals surface area (Å²) in [6.45, 7) is 5.79. The molecule has 0 spiro atoms. The van der Waals surface area contributed by atoms with Gasteiger partial charge in [-0.05, 0) is 49.7 Å². The van der Waals surface area contributed by atoms with Crippen molar-refractivity contribution in [2.75, 3.05) is 19.5 Å². The molecule has 178 valence electrons. The summed E-state index contributed by atoms with van der Waals surface area (Å²) < 4.78 is 16.5. The van der Waals surface area contributed by atoms with Crippen molar-refractivity contribution in [2.45, 2.75) is 26.8 Å². The lowest BCUT2D eigenvalue weighted by Gasteiger charge is -2.16. The summed E-state index contributed by atoms with van der Waals surface area (Å²) in [4.78, 5) is 11.6. The minimum atomic E-state index is 0.0288. The second-order valence-corrected chi connectivity index (χ2v) is 9.23. The van der Waals surface area contributed by atoms with E-state index in [1.165, 1.54) is 4.88 Å². The van der Waals surface area contributed by atoms with Crippen LogP contribution < -0.4 is 14.8 Å². The molecule has 0 unspecified atom stereocenters. The molecule has 0 aliphatic rings. The summed E-state index contributed by atoms with van der Waals surface area (Å²) in [6.07, 6.45) is 0. The Morgan fingerprint density at radius 2 is 1.69 bits per heavy atom. The van der Waals surface area contributed by atoms with E-state index in [4.69, 9.17) is 13.9 Å². The summed E-state index contributed by atoms with van der Waals surface area (Å²) in [5.74, 6) is 3.78. The maximum Gasteiger partial charge on any atom is 0.247 e. The van der Waals surface area contributed by atoms with Crippen molar-refractivity contribution in [3.8, 4) is 33.4 Å². The van der Waals surface area contributed by atoms with Crippen LogP contribution in [0.4, 0.5) is 5.82 Å². The van der Waals surface area contributed by atoms with Crippen molar-refractivity contribution >= 4 is 28.1 Å². The third-order valence-corrected chi connectivity index (χ3v) is 6.96. The lowest BCUT2D eigenvalue weighted by Crippen LogP contribution is -2.08. The minimum absolute atomic E-state index is 0.0288. The molecule has 9 heteroatoms. The largest absolute Gasteiger partial charge is 0.493 e. The predicted octanol–water partition coefficient (Wildman–Crippen LogP) is 6.22. The third-order valence-electron chi connectivity index (χ3n) is 5.64. The summed E-state index contributed by atoms with van der Waals surface area (Å²) in [5, 5.41) is 12.5. The van der Waals surface area contributed by atoms with Crippen molar-refractivity contribution in [1.29, 1.82) is 0 Å². The van der Waals surface area contributed by atoms with Crippen molar-refractivity contribution in [3.63, 3.8) is 0 Å². The quantitative estimate of drug-likeness (QED) is 0.289. The van der Waals surface area contributed by atoms with E-state index in [1.807, 2.05) is 31.2 Å². The number of nitrogens with zero attached hydrogens (tertiary/aromatic N) is 4. The Labute approximate surface area is 207 Å². The number of thiophene rings is 1. The SMILES string of the molecule is COc1cc2nc(C)nc(N[C@@H](C)c3ccc(-c4cccc(-c5nnc(C)o5)c4)s3)c2cc1OC. The van der Waals surface area contributed by atoms with E-state index in [1.54, 1.807) is 32.5 Å². The highest BCUT2D eigenvalue weighted by Gasteiger charge is 2.16. The molecule has 8 nitrogen and oxygen atoms in total. The zero-order valence-electron chi connectivity index (χ0n) is 20.1. The highest BCUT2D eigenvalue weighted by molar-refractivity contribution is 7.15. The summed E-state index contributed by atoms with van der Waals surface area (Å²) in [5.41, 5.74) is 2.79. The zero-order valence-corrected chi connectivity index (χ0v) is 20.9. The van der Waals surface area contributed by atoms with Gasteiger partial charge in [-0.25, -0.2) is 9.97 Å². The van der Waals surface area contributed by atoms with E-state index < -0.39 is 0 Å². The molecule has 0 amide bonds. The average Bonchev–Trinajstić information content (AvgIpc) is 3.53. The normalized spacial score (nSPS) is 12.0. The molecule has 0 radical (unpaired) electrons. The molecule has 2 aromatic carbocycles. The van der Waals surface area contributed by atoms with Gasteiger partial charge in [-0.1, -0.05) is 12.1 Å². The maximum atomic E-state index is 5.59. The molecule has 0 saturated carbocycles. The maximum absolute atomic E-state index is 5.59. The molecule has 5 aromatic rings. The number of methoxy groups -OCH3 is 2. The fraction of sp³-hybridized carbons (Fsp3) is 0.231. The first-order chi connectivity index (χ1) is 16.9. The highest BCUT2D eigenvalue weighted by atomic mass is 32.1. The van der Waals surface area contributed by atoms with Crippen LogP contribution in [-0.2, 0) is 0 Å². The van der Waals surface area contributed by atoms with Crippen molar-refractivity contribution in [2.24, 2.45) is 0 Å². The molecular weight excluding hydrogens is 462 g/mol. The molecule has 0 bridgehead atoms. The van der Waals surface area contributed by atoms with Crippen molar-refractivity contribution in [1.82, 2.24) is 20.2 Å². The zero-order chi connectivity index (χ0) is 24.5. The van der Waals surface area contributed by atoms with Gasteiger partial charge in [0.25, 0.3) is 0 Å². The van der Waals surface area contributed by atoms with Crippen LogP contribution in [-0.4, -0.2) is 34.4 Å². The highest BCUT2D eigenvalue weighted by Crippen LogP contribution is 2.37. The van der Waals surface area contributed by atoms with Crippen LogP contribution in [0, 0.1) is 13.8 Å². The summed E-state index contributed by atoms with van der Waals surface area (Å²) in [7, 11) is 3.24. The molecular formula is C26H25N5O3S. The molecule has 1 atom stereocenters. The molecule has 0 saturated heterocycles. The van der Waals surface area contributed by atoms with E-state index in [0.717, 1.165) is 32.7 Å². The van der Waals surface area contributed by atoms with Gasteiger partial charge >= 0.3 is 0 Å². The van der Waals surface area contributed by atoms with Gasteiger partial charge in [-0.15, -0.1) is 21.5 Å². The van der Waals surface area contributed by atoms with Crippen LogP contribution in [0.3, 0.4) is 0 Å². The number of hydrogen-bond donors (Lipinski definition) is 1. The Morgan fingerprint density at radius 1 is 0.914 bits per heavy atom. The Hall–Kier alpha value is -3.98. The predicted molar refractivity (Wildman–Crippen MR) is 137 cm³/mol. The smallest absolute Gasteiger partial charge is 0.247 e. The van der Waals surface area contributed by atoms with E-state index in [-0.39, 0.29) is 6.04 Å². The summed E-state index contributed by atoms with van der Waals surface area (Å²) in [6, 6.07) is 16.2. The first kappa shape index (κ1) is 22.8. The Bertz CT molecular complexity index is 1510. The lowest BCUT2D eigenvalue weighted by molar-refractivity contribution is 0.356. The third kappa shape index (κ3) is 4.54.